The summed E-state index contributed by atoms with van der Waals surface area (Å²) in [5, 5.41) is 11.2. The van der Waals surface area contributed by atoms with Gasteiger partial charge in [0.25, 0.3) is 5.70 Å². The van der Waals surface area contributed by atoms with E-state index in [-0.39, 0.29) is 16.9 Å². The fourth-order valence-electron chi connectivity index (χ4n) is 5.79. The molecule has 0 spiro atoms. The summed E-state index contributed by atoms with van der Waals surface area (Å²) in [5.41, 5.74) is 3.69. The average Bonchev–Trinajstić information content (AvgIpc) is 3.14. The maximum absolute atomic E-state index is 12.4. The predicted molar refractivity (Wildman–Crippen MR) is 163 cm³/mol. The smallest absolute Gasteiger partial charge is 0.270 e. The van der Waals surface area contributed by atoms with Crippen molar-refractivity contribution in [1.29, 1.82) is 0 Å². The summed E-state index contributed by atoms with van der Waals surface area (Å²) in [5.74, 6) is -0.204. The number of carbonyl (C=O) groups excluding carboxylic acids is 1. The number of rotatable bonds is 17. The van der Waals surface area contributed by atoms with E-state index in [1.54, 1.807) is 6.08 Å². The van der Waals surface area contributed by atoms with Crippen LogP contribution in [0.15, 0.2) is 71.6 Å². The minimum atomic E-state index is -0.457. The lowest BCUT2D eigenvalue weighted by Crippen LogP contribution is -2.27. The highest BCUT2D eigenvalue weighted by atomic mass is 16.6. The summed E-state index contributed by atoms with van der Waals surface area (Å²) in [7, 11) is 0. The van der Waals surface area contributed by atoms with Crippen molar-refractivity contribution in [3.05, 3.63) is 87.3 Å². The van der Waals surface area contributed by atoms with E-state index in [9.17, 15) is 14.9 Å². The van der Waals surface area contributed by atoms with Crippen LogP contribution in [0, 0.1) is 10.1 Å². The van der Waals surface area contributed by atoms with Crippen LogP contribution < -0.4 is 4.90 Å². The molecule has 0 fully saturated rings. The molecule has 1 aliphatic heterocycles. The van der Waals surface area contributed by atoms with Crippen LogP contribution in [-0.4, -0.2) is 17.3 Å². The van der Waals surface area contributed by atoms with Crippen LogP contribution in [0.1, 0.15) is 116 Å². The van der Waals surface area contributed by atoms with Crippen molar-refractivity contribution in [2.45, 2.75) is 116 Å². The first-order chi connectivity index (χ1) is 18.9. The first-order valence-electron chi connectivity index (χ1n) is 15.2. The van der Waals surface area contributed by atoms with Gasteiger partial charge in [-0.25, -0.2) is 0 Å². The summed E-state index contributed by atoms with van der Waals surface area (Å²) >= 11 is 0. The van der Waals surface area contributed by atoms with E-state index in [0.717, 1.165) is 18.7 Å². The van der Waals surface area contributed by atoms with Gasteiger partial charge in [0, 0.05) is 41.1 Å². The second-order valence-corrected chi connectivity index (χ2v) is 11.6. The van der Waals surface area contributed by atoms with Crippen LogP contribution in [0.4, 0.5) is 5.69 Å². The predicted octanol–water partition coefficient (Wildman–Crippen LogP) is 9.38. The maximum atomic E-state index is 12.4. The average molecular weight is 533 g/mol. The minimum Gasteiger partial charge on any atom is -0.344 e. The van der Waals surface area contributed by atoms with E-state index in [1.165, 1.54) is 113 Å². The third-order valence-electron chi connectivity index (χ3n) is 8.16. The number of anilines is 1. The molecule has 5 heteroatoms. The Bertz CT molecular complexity index is 1090. The van der Waals surface area contributed by atoms with E-state index in [4.69, 9.17) is 0 Å². The van der Waals surface area contributed by atoms with Gasteiger partial charge in [-0.15, -0.1) is 0 Å². The monoisotopic (exact) mass is 532 g/mol. The summed E-state index contributed by atoms with van der Waals surface area (Å²) < 4.78 is 0. The van der Waals surface area contributed by atoms with Crippen molar-refractivity contribution in [3.8, 4) is 0 Å². The number of para-hydroxylation sites is 1. The standard InChI is InChI=1S/C34H48N2O3/c1-4-5-6-7-8-9-10-11-12-13-14-15-16-19-26-35-31-21-18-17-20-30(31)34(2,3)33(35)25-22-28-27-29(36(38)39)23-24-32(28)37/h17-18,20-25,27H,4-16,19,26H2,1-3H3/b28-22-,33-25-. The Hall–Kier alpha value is -2.95. The molecule has 1 aromatic rings. The van der Waals surface area contributed by atoms with Gasteiger partial charge in [-0.3, -0.25) is 14.9 Å². The molecule has 39 heavy (non-hydrogen) atoms. The van der Waals surface area contributed by atoms with Gasteiger partial charge in [-0.1, -0.05) is 122 Å². The van der Waals surface area contributed by atoms with Gasteiger partial charge in [-0.2, -0.15) is 0 Å². The van der Waals surface area contributed by atoms with Crippen molar-refractivity contribution < 1.29 is 9.72 Å². The van der Waals surface area contributed by atoms with Gasteiger partial charge in [-0.05, 0) is 36.3 Å². The molecule has 0 bridgehead atoms. The zero-order valence-electron chi connectivity index (χ0n) is 24.4. The molecule has 5 nitrogen and oxygen atoms in total. The van der Waals surface area contributed by atoms with Gasteiger partial charge < -0.3 is 4.90 Å². The molecule has 3 rings (SSSR count). The lowest BCUT2D eigenvalue weighted by atomic mass is 9.83. The summed E-state index contributed by atoms with van der Waals surface area (Å²) in [6.45, 7) is 7.62. The summed E-state index contributed by atoms with van der Waals surface area (Å²) in [6.07, 6.45) is 26.4. The van der Waals surface area contributed by atoms with Crippen LogP contribution in [0.3, 0.4) is 0 Å². The number of unbranched alkanes of at least 4 members (excludes halogenated alkanes) is 13. The van der Waals surface area contributed by atoms with Crippen molar-refractivity contribution in [3.63, 3.8) is 0 Å². The third kappa shape index (κ3) is 8.78. The molecule has 0 N–H and O–H groups in total. The molecule has 0 atom stereocenters. The molecule has 0 saturated heterocycles. The molecule has 1 heterocycles. The highest BCUT2D eigenvalue weighted by Crippen LogP contribution is 2.47. The number of hydrogen-bond donors (Lipinski definition) is 0. The van der Waals surface area contributed by atoms with Gasteiger partial charge >= 0.3 is 0 Å². The lowest BCUT2D eigenvalue weighted by Gasteiger charge is -2.27. The first kappa shape index (κ1) is 30.6. The van der Waals surface area contributed by atoms with Gasteiger partial charge in [0.2, 0.25) is 0 Å². The van der Waals surface area contributed by atoms with Crippen molar-refractivity contribution >= 4 is 11.5 Å². The Morgan fingerprint density at radius 1 is 0.821 bits per heavy atom. The summed E-state index contributed by atoms with van der Waals surface area (Å²) in [6, 6.07) is 8.51. The Balaban J connectivity index is 1.50. The molecule has 0 unspecified atom stereocenters. The van der Waals surface area contributed by atoms with Gasteiger partial charge in [0.15, 0.2) is 5.78 Å². The quantitative estimate of drug-likeness (QED) is 0.0867. The van der Waals surface area contributed by atoms with E-state index >= 15 is 0 Å². The van der Waals surface area contributed by atoms with Gasteiger partial charge in [0.1, 0.15) is 0 Å². The Morgan fingerprint density at radius 2 is 1.38 bits per heavy atom. The number of benzene rings is 1. The molecular formula is C34H48N2O3. The normalized spacial score (nSPS) is 18.2. The number of nitro groups is 1. The Morgan fingerprint density at radius 3 is 1.97 bits per heavy atom. The van der Waals surface area contributed by atoms with Crippen molar-refractivity contribution in [2.75, 3.05) is 11.4 Å². The zero-order valence-corrected chi connectivity index (χ0v) is 24.4. The highest BCUT2D eigenvalue weighted by Gasteiger charge is 2.39. The highest BCUT2D eigenvalue weighted by molar-refractivity contribution is 6.07. The van der Waals surface area contributed by atoms with E-state index in [2.05, 4.69) is 49.9 Å². The summed E-state index contributed by atoms with van der Waals surface area (Å²) in [4.78, 5) is 25.5. The zero-order chi connectivity index (χ0) is 28.1. The largest absolute Gasteiger partial charge is 0.344 e. The van der Waals surface area contributed by atoms with E-state index < -0.39 is 4.92 Å². The molecular weight excluding hydrogens is 484 g/mol. The van der Waals surface area contributed by atoms with E-state index in [1.807, 2.05) is 6.08 Å². The number of hydrogen-bond acceptors (Lipinski definition) is 4. The molecule has 0 aromatic heterocycles. The van der Waals surface area contributed by atoms with Gasteiger partial charge in [0.05, 0.1) is 4.92 Å². The van der Waals surface area contributed by atoms with Crippen molar-refractivity contribution in [2.24, 2.45) is 0 Å². The molecule has 0 radical (unpaired) electrons. The second kappa shape index (κ2) is 15.6. The molecule has 2 aliphatic rings. The fraction of sp³-hybridized carbons (Fsp3) is 0.559. The topological polar surface area (TPSA) is 63.4 Å². The Labute approximate surface area is 235 Å². The number of nitrogens with zero attached hydrogens (tertiary/aromatic N) is 2. The van der Waals surface area contributed by atoms with Crippen LogP contribution in [0.2, 0.25) is 0 Å². The second-order valence-electron chi connectivity index (χ2n) is 11.6. The fourth-order valence-corrected chi connectivity index (χ4v) is 5.79. The SMILES string of the molecule is CCCCCCCCCCCCCCCCN1/C(=C\C=C2\C=C([N+](=O)[O-])C=CC2=O)C(C)(C)c2ccccc21. The van der Waals surface area contributed by atoms with Crippen LogP contribution >= 0.6 is 0 Å². The molecule has 1 aliphatic carbocycles. The minimum absolute atomic E-state index is 0.0625. The molecule has 1 aromatic carbocycles. The number of fused-ring (bicyclic) bond motifs is 1. The van der Waals surface area contributed by atoms with Crippen molar-refractivity contribution in [1.82, 2.24) is 0 Å². The number of allylic oxidation sites excluding steroid dienone is 7. The molecule has 212 valence electrons. The Kier molecular flexibility index (Phi) is 12.2. The number of carbonyl (C=O) groups is 1. The first-order valence-corrected chi connectivity index (χ1v) is 15.2. The molecule has 0 amide bonds. The number of ketones is 1. The third-order valence-corrected chi connectivity index (χ3v) is 8.16. The maximum Gasteiger partial charge on any atom is 0.270 e. The van der Waals surface area contributed by atoms with Crippen LogP contribution in [-0.2, 0) is 10.2 Å². The molecule has 0 saturated carbocycles. The van der Waals surface area contributed by atoms with Crippen LogP contribution in [0.5, 0.6) is 0 Å². The van der Waals surface area contributed by atoms with Crippen LogP contribution in [0.25, 0.3) is 0 Å². The van der Waals surface area contributed by atoms with E-state index in [0.29, 0.717) is 5.57 Å². The lowest BCUT2D eigenvalue weighted by molar-refractivity contribution is -0.419.